The van der Waals surface area contributed by atoms with Crippen molar-refractivity contribution in [3.05, 3.63) is 89.6 Å². The zero-order valence-corrected chi connectivity index (χ0v) is 17.3. The smallest absolute Gasteiger partial charge is 0.334 e. The Morgan fingerprint density at radius 3 is 2.68 bits per heavy atom. The highest BCUT2D eigenvalue weighted by atomic mass is 16.5. The molecule has 3 heterocycles. The van der Waals surface area contributed by atoms with E-state index in [-0.39, 0.29) is 6.61 Å². The molecule has 5 rings (SSSR count). The van der Waals surface area contributed by atoms with Gasteiger partial charge in [0.05, 0.1) is 35.0 Å². The van der Waals surface area contributed by atoms with Crippen molar-refractivity contribution < 1.29 is 14.3 Å². The minimum Gasteiger partial charge on any atom is -0.463 e. The van der Waals surface area contributed by atoms with Gasteiger partial charge in [-0.1, -0.05) is 43.0 Å². The monoisotopic (exact) mass is 411 g/mol. The second kappa shape index (κ2) is 7.40. The maximum atomic E-state index is 12.7. The maximum Gasteiger partial charge on any atom is 0.334 e. The standard InChI is InChI=1S/C25H21N3O3/c1-4-30-25(29)15(2)21-19-14-17-10-8-9-13-20(17)26-23(19)31-24-22(21)16(3)27-28(24)18-11-6-5-7-12-18/h5-14,21H,2,4H2,1,3H3/t21-/m0/s1. The fourth-order valence-electron chi connectivity index (χ4n) is 4.05. The number of esters is 1. The van der Waals surface area contributed by atoms with Crippen LogP contribution in [-0.2, 0) is 9.53 Å². The number of nitrogens with zero attached hydrogens (tertiary/aromatic N) is 3. The van der Waals surface area contributed by atoms with Crippen molar-refractivity contribution in [2.75, 3.05) is 6.61 Å². The van der Waals surface area contributed by atoms with Crippen molar-refractivity contribution in [2.24, 2.45) is 0 Å². The molecule has 0 radical (unpaired) electrons. The van der Waals surface area contributed by atoms with Crippen LogP contribution in [0.25, 0.3) is 16.6 Å². The molecule has 6 nitrogen and oxygen atoms in total. The molecule has 0 saturated heterocycles. The van der Waals surface area contributed by atoms with Crippen molar-refractivity contribution in [1.82, 2.24) is 14.8 Å². The van der Waals surface area contributed by atoms with Gasteiger partial charge in [-0.2, -0.15) is 5.10 Å². The number of carbonyl (C=O) groups excluding carboxylic acids is 1. The normalized spacial score (nSPS) is 14.5. The largest absolute Gasteiger partial charge is 0.463 e. The van der Waals surface area contributed by atoms with Gasteiger partial charge < -0.3 is 9.47 Å². The lowest BCUT2D eigenvalue weighted by Crippen LogP contribution is -2.20. The van der Waals surface area contributed by atoms with Crippen LogP contribution >= 0.6 is 0 Å². The maximum absolute atomic E-state index is 12.7. The molecule has 0 spiro atoms. The first-order valence-electron chi connectivity index (χ1n) is 10.2. The third-order valence-corrected chi connectivity index (χ3v) is 5.46. The molecule has 0 bridgehead atoms. The number of ether oxygens (including phenoxy) is 2. The number of aryl methyl sites for hydroxylation is 1. The topological polar surface area (TPSA) is 66.2 Å². The quantitative estimate of drug-likeness (QED) is 0.346. The number of benzene rings is 2. The van der Waals surface area contributed by atoms with E-state index < -0.39 is 11.9 Å². The molecule has 1 atom stereocenters. The Morgan fingerprint density at radius 2 is 1.90 bits per heavy atom. The number of pyridine rings is 1. The lowest BCUT2D eigenvalue weighted by atomic mass is 9.84. The van der Waals surface area contributed by atoms with Gasteiger partial charge in [0.2, 0.25) is 11.8 Å². The number of para-hydroxylation sites is 2. The molecule has 6 heteroatoms. The van der Waals surface area contributed by atoms with E-state index in [1.807, 2.05) is 67.6 Å². The summed E-state index contributed by atoms with van der Waals surface area (Å²) >= 11 is 0. The summed E-state index contributed by atoms with van der Waals surface area (Å²) in [5, 5.41) is 5.68. The fraction of sp³-hybridized carbons (Fsp3) is 0.160. The average Bonchev–Trinajstić information content (AvgIpc) is 3.12. The van der Waals surface area contributed by atoms with Crippen molar-refractivity contribution in [1.29, 1.82) is 0 Å². The molecule has 0 amide bonds. The van der Waals surface area contributed by atoms with E-state index in [2.05, 4.69) is 6.58 Å². The van der Waals surface area contributed by atoms with Gasteiger partial charge in [0.15, 0.2) is 0 Å². The Hall–Kier alpha value is -3.93. The Morgan fingerprint density at radius 1 is 1.16 bits per heavy atom. The van der Waals surface area contributed by atoms with Crippen LogP contribution in [0.4, 0.5) is 0 Å². The van der Waals surface area contributed by atoms with Crippen LogP contribution in [0, 0.1) is 6.92 Å². The zero-order valence-electron chi connectivity index (χ0n) is 17.3. The third-order valence-electron chi connectivity index (χ3n) is 5.46. The molecule has 31 heavy (non-hydrogen) atoms. The van der Waals surface area contributed by atoms with E-state index in [0.717, 1.165) is 33.4 Å². The van der Waals surface area contributed by atoms with Crippen LogP contribution in [0.1, 0.15) is 29.7 Å². The summed E-state index contributed by atoms with van der Waals surface area (Å²) in [6.07, 6.45) is 0. The first kappa shape index (κ1) is 19.1. The lowest BCUT2D eigenvalue weighted by Gasteiger charge is -2.27. The summed E-state index contributed by atoms with van der Waals surface area (Å²) in [5.41, 5.74) is 4.34. The summed E-state index contributed by atoms with van der Waals surface area (Å²) < 4.78 is 13.3. The minimum absolute atomic E-state index is 0.277. The average molecular weight is 411 g/mol. The fourth-order valence-corrected chi connectivity index (χ4v) is 4.05. The molecule has 0 aliphatic carbocycles. The van der Waals surface area contributed by atoms with Crippen LogP contribution in [0.2, 0.25) is 0 Å². The van der Waals surface area contributed by atoms with Gasteiger partial charge in [-0.3, -0.25) is 0 Å². The number of carbonyl (C=O) groups is 1. The van der Waals surface area contributed by atoms with Crippen LogP contribution < -0.4 is 4.74 Å². The molecule has 1 aliphatic heterocycles. The Balaban J connectivity index is 1.75. The van der Waals surface area contributed by atoms with E-state index in [4.69, 9.17) is 19.6 Å². The number of hydrogen-bond donors (Lipinski definition) is 0. The highest BCUT2D eigenvalue weighted by molar-refractivity contribution is 5.92. The number of aromatic nitrogens is 3. The van der Waals surface area contributed by atoms with E-state index in [9.17, 15) is 4.79 Å². The second-order valence-electron chi connectivity index (χ2n) is 7.41. The van der Waals surface area contributed by atoms with Gasteiger partial charge >= 0.3 is 5.97 Å². The summed E-state index contributed by atoms with van der Waals surface area (Å²) in [5.74, 6) is 0.0758. The molecule has 0 saturated carbocycles. The minimum atomic E-state index is -0.465. The van der Waals surface area contributed by atoms with E-state index in [0.29, 0.717) is 17.3 Å². The summed E-state index contributed by atoms with van der Waals surface area (Å²) in [6, 6.07) is 19.6. The molecule has 2 aromatic carbocycles. The van der Waals surface area contributed by atoms with Gasteiger partial charge in [0.25, 0.3) is 0 Å². The third kappa shape index (κ3) is 3.08. The SMILES string of the molecule is C=C(C(=O)OCC)[C@H]1c2cc3ccccc3nc2Oc2c1c(C)nn2-c1ccccc1. The zero-order chi connectivity index (χ0) is 21.5. The molecule has 0 N–H and O–H groups in total. The molecular formula is C25H21N3O3. The van der Waals surface area contributed by atoms with Crippen molar-refractivity contribution in [2.45, 2.75) is 19.8 Å². The van der Waals surface area contributed by atoms with E-state index in [1.54, 1.807) is 11.6 Å². The van der Waals surface area contributed by atoms with E-state index >= 15 is 0 Å². The predicted octanol–water partition coefficient (Wildman–Crippen LogP) is 5.09. The number of hydrogen-bond acceptors (Lipinski definition) is 5. The van der Waals surface area contributed by atoms with Crippen LogP contribution in [-0.4, -0.2) is 27.3 Å². The van der Waals surface area contributed by atoms with Gasteiger partial charge in [0.1, 0.15) is 0 Å². The van der Waals surface area contributed by atoms with Gasteiger partial charge in [-0.05, 0) is 38.1 Å². The van der Waals surface area contributed by atoms with E-state index in [1.165, 1.54) is 0 Å². The van der Waals surface area contributed by atoms with Crippen molar-refractivity contribution in [3.8, 4) is 17.4 Å². The summed E-state index contributed by atoms with van der Waals surface area (Å²) in [4.78, 5) is 17.4. The first-order chi connectivity index (χ1) is 15.1. The van der Waals surface area contributed by atoms with Gasteiger partial charge in [-0.15, -0.1) is 0 Å². The molecule has 1 aliphatic rings. The number of fused-ring (bicyclic) bond motifs is 3. The first-order valence-corrected chi connectivity index (χ1v) is 10.2. The van der Waals surface area contributed by atoms with Crippen LogP contribution in [0.5, 0.6) is 11.8 Å². The molecule has 0 fully saturated rings. The van der Waals surface area contributed by atoms with Crippen molar-refractivity contribution >= 4 is 16.9 Å². The number of rotatable bonds is 4. The van der Waals surface area contributed by atoms with Crippen LogP contribution in [0.3, 0.4) is 0 Å². The Kier molecular flexibility index (Phi) is 4.55. The highest BCUT2D eigenvalue weighted by Gasteiger charge is 2.38. The summed E-state index contributed by atoms with van der Waals surface area (Å²) in [7, 11) is 0. The van der Waals surface area contributed by atoms with Crippen molar-refractivity contribution in [3.63, 3.8) is 0 Å². The molecule has 0 unspecified atom stereocenters. The Bertz CT molecular complexity index is 1320. The predicted molar refractivity (Wildman–Crippen MR) is 118 cm³/mol. The molecule has 154 valence electrons. The molecule has 2 aromatic heterocycles. The second-order valence-corrected chi connectivity index (χ2v) is 7.41. The van der Waals surface area contributed by atoms with Gasteiger partial charge in [0, 0.05) is 16.5 Å². The molecular weight excluding hydrogens is 390 g/mol. The summed E-state index contributed by atoms with van der Waals surface area (Å²) in [6.45, 7) is 8.07. The lowest BCUT2D eigenvalue weighted by molar-refractivity contribution is -0.138. The molecule has 4 aromatic rings. The highest BCUT2D eigenvalue weighted by Crippen LogP contribution is 2.49. The Labute approximate surface area is 179 Å². The van der Waals surface area contributed by atoms with Gasteiger partial charge in [-0.25, -0.2) is 14.5 Å². The van der Waals surface area contributed by atoms with Crippen LogP contribution in [0.15, 0.2) is 72.8 Å².